The number of hydrogen-bond acceptors (Lipinski definition) is 2. The molecule has 1 amide bonds. The van der Waals surface area contributed by atoms with Crippen molar-refractivity contribution >= 4 is 23.4 Å². The van der Waals surface area contributed by atoms with Gasteiger partial charge in [0.2, 0.25) is 5.91 Å². The molecule has 1 aliphatic carbocycles. The van der Waals surface area contributed by atoms with Crippen LogP contribution in [0.4, 0.5) is 5.69 Å². The van der Waals surface area contributed by atoms with E-state index < -0.39 is 0 Å². The fourth-order valence-corrected chi connectivity index (χ4v) is 3.17. The van der Waals surface area contributed by atoms with Crippen LogP contribution in [-0.2, 0) is 17.6 Å². The van der Waals surface area contributed by atoms with E-state index in [4.69, 9.17) is 0 Å². The molecule has 21 heavy (non-hydrogen) atoms. The van der Waals surface area contributed by atoms with Crippen LogP contribution < -0.4 is 5.32 Å². The molecule has 1 N–H and O–H groups in total. The van der Waals surface area contributed by atoms with Crippen molar-refractivity contribution in [2.45, 2.75) is 24.2 Å². The highest BCUT2D eigenvalue weighted by Gasteiger charge is 2.11. The molecule has 0 fully saturated rings. The minimum atomic E-state index is -0.0867. The molecule has 0 aromatic heterocycles. The van der Waals surface area contributed by atoms with Crippen LogP contribution in [0.3, 0.4) is 0 Å². The number of aryl methyl sites for hydroxylation is 2. The Labute approximate surface area is 129 Å². The SMILES string of the molecule is O=C(/C=C\Sc1ccccc1)Nc1ccc2c(c1)CCC2. The molecule has 0 saturated carbocycles. The minimum Gasteiger partial charge on any atom is -0.322 e. The number of benzene rings is 2. The van der Waals surface area contributed by atoms with Gasteiger partial charge in [-0.2, -0.15) is 0 Å². The fourth-order valence-electron chi connectivity index (χ4n) is 2.51. The summed E-state index contributed by atoms with van der Waals surface area (Å²) in [5.41, 5.74) is 3.67. The van der Waals surface area contributed by atoms with Gasteiger partial charge in [-0.05, 0) is 60.1 Å². The van der Waals surface area contributed by atoms with Crippen LogP contribution in [0, 0.1) is 0 Å². The van der Waals surface area contributed by atoms with Gasteiger partial charge >= 0.3 is 0 Å². The first-order chi connectivity index (χ1) is 10.3. The topological polar surface area (TPSA) is 29.1 Å². The van der Waals surface area contributed by atoms with Crippen molar-refractivity contribution < 1.29 is 4.79 Å². The molecule has 0 bridgehead atoms. The Morgan fingerprint density at radius 1 is 1.05 bits per heavy atom. The number of carbonyl (C=O) groups is 1. The molecule has 106 valence electrons. The molecular formula is C18H17NOS. The second-order valence-electron chi connectivity index (χ2n) is 5.06. The largest absolute Gasteiger partial charge is 0.322 e. The molecular weight excluding hydrogens is 278 g/mol. The number of fused-ring (bicyclic) bond motifs is 1. The number of rotatable bonds is 4. The van der Waals surface area contributed by atoms with Crippen LogP contribution in [0.15, 0.2) is 64.9 Å². The number of nitrogens with one attached hydrogen (secondary N) is 1. The van der Waals surface area contributed by atoms with E-state index in [1.165, 1.54) is 29.3 Å². The third kappa shape index (κ3) is 3.76. The first kappa shape index (κ1) is 14.0. The van der Waals surface area contributed by atoms with Gasteiger partial charge in [0, 0.05) is 16.7 Å². The van der Waals surface area contributed by atoms with Crippen molar-refractivity contribution in [1.29, 1.82) is 0 Å². The molecule has 2 nitrogen and oxygen atoms in total. The Kier molecular flexibility index (Phi) is 4.41. The second-order valence-corrected chi connectivity index (χ2v) is 6.04. The number of carbonyl (C=O) groups excluding carboxylic acids is 1. The fraction of sp³-hybridized carbons (Fsp3) is 0.167. The zero-order chi connectivity index (χ0) is 14.5. The molecule has 2 aromatic carbocycles. The van der Waals surface area contributed by atoms with E-state index in [1.54, 1.807) is 6.08 Å². The Morgan fingerprint density at radius 2 is 1.86 bits per heavy atom. The lowest BCUT2D eigenvalue weighted by Gasteiger charge is -2.05. The molecule has 1 aliphatic rings. The normalized spacial score (nSPS) is 13.3. The Morgan fingerprint density at radius 3 is 2.71 bits per heavy atom. The van der Waals surface area contributed by atoms with Crippen molar-refractivity contribution in [3.05, 3.63) is 71.1 Å². The first-order valence-corrected chi connectivity index (χ1v) is 8.00. The summed E-state index contributed by atoms with van der Waals surface area (Å²) in [5.74, 6) is -0.0867. The Balaban J connectivity index is 1.56. The van der Waals surface area contributed by atoms with E-state index >= 15 is 0 Å². The van der Waals surface area contributed by atoms with Crippen LogP contribution in [0.25, 0.3) is 0 Å². The van der Waals surface area contributed by atoms with Crippen molar-refractivity contribution in [2.24, 2.45) is 0 Å². The average molecular weight is 295 g/mol. The minimum absolute atomic E-state index is 0.0867. The van der Waals surface area contributed by atoms with Crippen LogP contribution in [-0.4, -0.2) is 5.91 Å². The predicted molar refractivity (Wildman–Crippen MR) is 88.5 cm³/mol. The molecule has 0 atom stereocenters. The second kappa shape index (κ2) is 6.64. The van der Waals surface area contributed by atoms with Gasteiger partial charge in [-0.25, -0.2) is 0 Å². The summed E-state index contributed by atoms with van der Waals surface area (Å²) < 4.78 is 0. The molecule has 3 rings (SSSR count). The maximum absolute atomic E-state index is 11.9. The zero-order valence-corrected chi connectivity index (χ0v) is 12.5. The van der Waals surface area contributed by atoms with Gasteiger partial charge in [0.1, 0.15) is 0 Å². The highest BCUT2D eigenvalue weighted by Crippen LogP contribution is 2.25. The summed E-state index contributed by atoms with van der Waals surface area (Å²) in [6, 6.07) is 16.2. The van der Waals surface area contributed by atoms with Gasteiger partial charge in [0.15, 0.2) is 0 Å². The Hall–Kier alpha value is -2.00. The highest BCUT2D eigenvalue weighted by molar-refractivity contribution is 8.02. The van der Waals surface area contributed by atoms with Crippen LogP contribution in [0.2, 0.25) is 0 Å². The van der Waals surface area contributed by atoms with Gasteiger partial charge in [0.25, 0.3) is 0 Å². The molecule has 3 heteroatoms. The van der Waals surface area contributed by atoms with Gasteiger partial charge in [-0.15, -0.1) is 0 Å². The molecule has 0 aliphatic heterocycles. The summed E-state index contributed by atoms with van der Waals surface area (Å²) in [4.78, 5) is 13.0. The summed E-state index contributed by atoms with van der Waals surface area (Å²) in [6.07, 6.45) is 5.08. The molecule has 2 aromatic rings. The summed E-state index contributed by atoms with van der Waals surface area (Å²) in [5, 5.41) is 4.74. The predicted octanol–water partition coefficient (Wildman–Crippen LogP) is 4.42. The molecule has 0 radical (unpaired) electrons. The van der Waals surface area contributed by atoms with Crippen molar-refractivity contribution in [2.75, 3.05) is 5.32 Å². The third-order valence-corrected chi connectivity index (χ3v) is 4.35. The number of anilines is 1. The monoisotopic (exact) mass is 295 g/mol. The summed E-state index contributed by atoms with van der Waals surface area (Å²) in [7, 11) is 0. The average Bonchev–Trinajstić information content (AvgIpc) is 2.96. The van der Waals surface area contributed by atoms with E-state index in [-0.39, 0.29) is 5.91 Å². The molecule has 0 heterocycles. The standard InChI is InChI=1S/C18H17NOS/c20-18(11-12-21-17-7-2-1-3-8-17)19-16-10-9-14-5-4-6-15(14)13-16/h1-3,7-13H,4-6H2,(H,19,20)/b12-11-. The first-order valence-electron chi connectivity index (χ1n) is 7.12. The number of thioether (sulfide) groups is 1. The molecule has 0 saturated heterocycles. The van der Waals surface area contributed by atoms with E-state index in [1.807, 2.05) is 41.8 Å². The number of hydrogen-bond donors (Lipinski definition) is 1. The van der Waals surface area contributed by atoms with E-state index in [2.05, 4.69) is 17.4 Å². The maximum atomic E-state index is 11.9. The van der Waals surface area contributed by atoms with Gasteiger partial charge in [-0.3, -0.25) is 4.79 Å². The van der Waals surface area contributed by atoms with E-state index in [0.29, 0.717) is 0 Å². The van der Waals surface area contributed by atoms with Crippen LogP contribution >= 0.6 is 11.8 Å². The Bertz CT molecular complexity index is 664. The van der Waals surface area contributed by atoms with Gasteiger partial charge in [0.05, 0.1) is 0 Å². The van der Waals surface area contributed by atoms with Crippen molar-refractivity contribution in [3.63, 3.8) is 0 Å². The highest BCUT2D eigenvalue weighted by atomic mass is 32.2. The molecule has 0 spiro atoms. The lowest BCUT2D eigenvalue weighted by molar-refractivity contribution is -0.111. The van der Waals surface area contributed by atoms with Gasteiger partial charge < -0.3 is 5.32 Å². The third-order valence-electron chi connectivity index (χ3n) is 3.53. The van der Waals surface area contributed by atoms with Crippen LogP contribution in [0.5, 0.6) is 0 Å². The quantitative estimate of drug-likeness (QED) is 0.668. The lowest BCUT2D eigenvalue weighted by Crippen LogP contribution is -2.07. The van der Waals surface area contributed by atoms with E-state index in [9.17, 15) is 4.79 Å². The van der Waals surface area contributed by atoms with Crippen molar-refractivity contribution in [1.82, 2.24) is 0 Å². The van der Waals surface area contributed by atoms with Crippen molar-refractivity contribution in [3.8, 4) is 0 Å². The van der Waals surface area contributed by atoms with E-state index in [0.717, 1.165) is 23.4 Å². The van der Waals surface area contributed by atoms with Crippen LogP contribution in [0.1, 0.15) is 17.5 Å². The summed E-state index contributed by atoms with van der Waals surface area (Å²) in [6.45, 7) is 0. The molecule has 0 unspecified atom stereocenters. The van der Waals surface area contributed by atoms with Gasteiger partial charge in [-0.1, -0.05) is 36.0 Å². The zero-order valence-electron chi connectivity index (χ0n) is 11.7. The summed E-state index contributed by atoms with van der Waals surface area (Å²) >= 11 is 1.54. The maximum Gasteiger partial charge on any atom is 0.248 e. The lowest BCUT2D eigenvalue weighted by atomic mass is 10.1. The smallest absolute Gasteiger partial charge is 0.248 e. The number of amides is 1.